The third-order valence-corrected chi connectivity index (χ3v) is 5.17. The molecule has 2 nitrogen and oxygen atoms in total. The third kappa shape index (κ3) is 3.11. The summed E-state index contributed by atoms with van der Waals surface area (Å²) in [6.07, 6.45) is 6.74. The van der Waals surface area contributed by atoms with Gasteiger partial charge in [-0.2, -0.15) is 0 Å². The summed E-state index contributed by atoms with van der Waals surface area (Å²) in [4.78, 5) is 3.09. The standard InChI is InChI=1S/C12H24N2S/c1-2-8-14-9-3-5-12(6-10-14)13-7-4-11-15-12/h13H,2-11H2,1H3. The van der Waals surface area contributed by atoms with E-state index in [0.29, 0.717) is 4.87 Å². The summed E-state index contributed by atoms with van der Waals surface area (Å²) in [6, 6.07) is 0. The van der Waals surface area contributed by atoms with Gasteiger partial charge in [0.2, 0.25) is 0 Å². The zero-order valence-corrected chi connectivity index (χ0v) is 10.7. The second-order valence-corrected chi connectivity index (χ2v) is 6.30. The Bertz CT molecular complexity index is 190. The largest absolute Gasteiger partial charge is 0.303 e. The molecule has 0 radical (unpaired) electrons. The molecule has 0 aromatic rings. The van der Waals surface area contributed by atoms with Crippen LogP contribution >= 0.6 is 11.8 Å². The van der Waals surface area contributed by atoms with Crippen LogP contribution < -0.4 is 5.32 Å². The third-order valence-electron chi connectivity index (χ3n) is 3.57. The Kier molecular flexibility index (Phi) is 4.35. The van der Waals surface area contributed by atoms with Gasteiger partial charge in [0.15, 0.2) is 0 Å². The lowest BCUT2D eigenvalue weighted by molar-refractivity contribution is 0.280. The number of nitrogens with one attached hydrogen (secondary N) is 1. The number of thioether (sulfide) groups is 1. The number of rotatable bonds is 2. The van der Waals surface area contributed by atoms with Gasteiger partial charge < -0.3 is 10.2 Å². The normalized spacial score (nSPS) is 34.2. The molecule has 2 aliphatic heterocycles. The van der Waals surface area contributed by atoms with E-state index in [2.05, 4.69) is 28.9 Å². The van der Waals surface area contributed by atoms with E-state index < -0.39 is 0 Å². The monoisotopic (exact) mass is 228 g/mol. The fourth-order valence-corrected chi connectivity index (χ4v) is 4.14. The lowest BCUT2D eigenvalue weighted by Gasteiger charge is -2.37. The molecule has 1 N–H and O–H groups in total. The van der Waals surface area contributed by atoms with Crippen LogP contribution in [0, 0.1) is 0 Å². The number of nitrogens with zero attached hydrogens (tertiary/aromatic N) is 1. The minimum absolute atomic E-state index is 0.445. The predicted octanol–water partition coefficient (Wildman–Crippen LogP) is 2.31. The number of likely N-dealkylation sites (tertiary alicyclic amines) is 1. The summed E-state index contributed by atoms with van der Waals surface area (Å²) in [5, 5.41) is 3.77. The van der Waals surface area contributed by atoms with Crippen molar-refractivity contribution < 1.29 is 0 Å². The lowest BCUT2D eigenvalue weighted by atomic mass is 10.1. The second-order valence-electron chi connectivity index (χ2n) is 4.82. The molecule has 0 aromatic heterocycles. The Morgan fingerprint density at radius 3 is 2.93 bits per heavy atom. The van der Waals surface area contributed by atoms with Crippen LogP contribution in [0.15, 0.2) is 0 Å². The van der Waals surface area contributed by atoms with E-state index in [1.165, 1.54) is 64.0 Å². The van der Waals surface area contributed by atoms with E-state index in [-0.39, 0.29) is 0 Å². The predicted molar refractivity (Wildman–Crippen MR) is 68.4 cm³/mol. The molecule has 0 aromatic carbocycles. The van der Waals surface area contributed by atoms with Crippen molar-refractivity contribution in [2.45, 2.75) is 43.9 Å². The first-order chi connectivity index (χ1) is 7.35. The molecule has 2 rings (SSSR count). The average Bonchev–Trinajstić information content (AvgIpc) is 2.44. The first kappa shape index (κ1) is 11.7. The molecule has 0 aliphatic carbocycles. The smallest absolute Gasteiger partial charge is 0.0657 e. The molecule has 0 amide bonds. The second kappa shape index (κ2) is 5.55. The molecule has 0 bridgehead atoms. The molecule has 1 unspecified atom stereocenters. The van der Waals surface area contributed by atoms with Gasteiger partial charge in [-0.15, -0.1) is 11.8 Å². The van der Waals surface area contributed by atoms with E-state index in [9.17, 15) is 0 Å². The quantitative estimate of drug-likeness (QED) is 0.781. The van der Waals surface area contributed by atoms with Crippen LogP contribution in [0.3, 0.4) is 0 Å². The first-order valence-electron chi connectivity index (χ1n) is 6.46. The average molecular weight is 228 g/mol. The fourth-order valence-electron chi connectivity index (χ4n) is 2.73. The maximum absolute atomic E-state index is 3.77. The van der Waals surface area contributed by atoms with Crippen LogP contribution in [0.4, 0.5) is 0 Å². The summed E-state index contributed by atoms with van der Waals surface area (Å²) in [5.41, 5.74) is 0. The van der Waals surface area contributed by atoms with Gasteiger partial charge in [0.25, 0.3) is 0 Å². The van der Waals surface area contributed by atoms with Crippen molar-refractivity contribution in [2.75, 3.05) is 31.9 Å². The highest BCUT2D eigenvalue weighted by atomic mass is 32.2. The highest BCUT2D eigenvalue weighted by Crippen LogP contribution is 2.36. The van der Waals surface area contributed by atoms with Crippen LogP contribution in [0.1, 0.15) is 39.0 Å². The molecule has 2 heterocycles. The Labute approximate surface area is 98.2 Å². The first-order valence-corrected chi connectivity index (χ1v) is 7.44. The molecule has 0 saturated carbocycles. The van der Waals surface area contributed by atoms with Crippen LogP contribution in [0.25, 0.3) is 0 Å². The zero-order valence-electron chi connectivity index (χ0n) is 9.93. The van der Waals surface area contributed by atoms with E-state index in [1.807, 2.05) is 0 Å². The highest BCUT2D eigenvalue weighted by Gasteiger charge is 2.33. The van der Waals surface area contributed by atoms with Gasteiger partial charge in [0, 0.05) is 6.54 Å². The topological polar surface area (TPSA) is 15.3 Å². The molecule has 1 atom stereocenters. The molecule has 88 valence electrons. The lowest BCUT2D eigenvalue weighted by Crippen LogP contribution is -2.46. The Hall–Kier alpha value is 0.270. The molecular weight excluding hydrogens is 204 g/mol. The van der Waals surface area contributed by atoms with E-state index in [1.54, 1.807) is 0 Å². The van der Waals surface area contributed by atoms with Gasteiger partial charge in [0.1, 0.15) is 0 Å². The van der Waals surface area contributed by atoms with Gasteiger partial charge in [-0.25, -0.2) is 0 Å². The maximum Gasteiger partial charge on any atom is 0.0657 e. The zero-order chi connectivity index (χ0) is 10.6. The minimum Gasteiger partial charge on any atom is -0.303 e. The van der Waals surface area contributed by atoms with E-state index in [4.69, 9.17) is 0 Å². The maximum atomic E-state index is 3.77. The van der Waals surface area contributed by atoms with Crippen LogP contribution in [-0.4, -0.2) is 41.7 Å². The van der Waals surface area contributed by atoms with E-state index in [0.717, 1.165) is 0 Å². The van der Waals surface area contributed by atoms with Crippen molar-refractivity contribution >= 4 is 11.8 Å². The molecular formula is C12H24N2S. The van der Waals surface area contributed by atoms with Gasteiger partial charge in [-0.1, -0.05) is 6.92 Å². The summed E-state index contributed by atoms with van der Waals surface area (Å²) < 4.78 is 0. The number of hydrogen-bond donors (Lipinski definition) is 1. The van der Waals surface area contributed by atoms with Crippen molar-refractivity contribution in [1.82, 2.24) is 10.2 Å². The van der Waals surface area contributed by atoms with Crippen LogP contribution in [0.2, 0.25) is 0 Å². The van der Waals surface area contributed by atoms with Crippen molar-refractivity contribution in [1.29, 1.82) is 0 Å². The molecule has 15 heavy (non-hydrogen) atoms. The summed E-state index contributed by atoms with van der Waals surface area (Å²) >= 11 is 2.18. The van der Waals surface area contributed by atoms with Gasteiger partial charge in [-0.05, 0) is 57.5 Å². The van der Waals surface area contributed by atoms with Gasteiger partial charge >= 0.3 is 0 Å². The summed E-state index contributed by atoms with van der Waals surface area (Å²) in [7, 11) is 0. The Morgan fingerprint density at radius 2 is 2.20 bits per heavy atom. The minimum atomic E-state index is 0.445. The van der Waals surface area contributed by atoms with Crippen LogP contribution in [-0.2, 0) is 0 Å². The molecule has 2 saturated heterocycles. The Morgan fingerprint density at radius 1 is 1.27 bits per heavy atom. The van der Waals surface area contributed by atoms with Crippen molar-refractivity contribution in [3.05, 3.63) is 0 Å². The fraction of sp³-hybridized carbons (Fsp3) is 1.00. The van der Waals surface area contributed by atoms with Crippen molar-refractivity contribution in [2.24, 2.45) is 0 Å². The Balaban J connectivity index is 1.87. The van der Waals surface area contributed by atoms with Gasteiger partial charge in [0.05, 0.1) is 4.87 Å². The van der Waals surface area contributed by atoms with Gasteiger partial charge in [-0.3, -0.25) is 0 Å². The number of hydrogen-bond acceptors (Lipinski definition) is 3. The van der Waals surface area contributed by atoms with E-state index >= 15 is 0 Å². The highest BCUT2D eigenvalue weighted by molar-refractivity contribution is 8.00. The van der Waals surface area contributed by atoms with Crippen molar-refractivity contribution in [3.63, 3.8) is 0 Å². The molecule has 1 spiro atoms. The van der Waals surface area contributed by atoms with Crippen molar-refractivity contribution in [3.8, 4) is 0 Å². The SMILES string of the molecule is CCCN1CCCC2(CC1)NCCCS2. The molecule has 2 aliphatic rings. The molecule has 2 fully saturated rings. The summed E-state index contributed by atoms with van der Waals surface area (Å²) in [5.74, 6) is 1.36. The summed E-state index contributed by atoms with van der Waals surface area (Å²) in [6.45, 7) is 7.43. The van der Waals surface area contributed by atoms with Crippen LogP contribution in [0.5, 0.6) is 0 Å². The molecule has 3 heteroatoms.